The third-order valence-corrected chi connectivity index (χ3v) is 2.77. The maximum absolute atomic E-state index is 6.02. The number of benzene rings is 1. The van der Waals surface area contributed by atoms with Crippen LogP contribution >= 0.6 is 23.2 Å². The van der Waals surface area contributed by atoms with Gasteiger partial charge in [0, 0.05) is 17.4 Å². The van der Waals surface area contributed by atoms with Crippen molar-refractivity contribution >= 4 is 23.2 Å². The molecule has 16 heavy (non-hydrogen) atoms. The topological polar surface area (TPSA) is 21.3 Å². The highest BCUT2D eigenvalue weighted by Gasteiger charge is 2.07. The summed E-state index contributed by atoms with van der Waals surface area (Å²) >= 11 is 11.6. The maximum Gasteiger partial charge on any atom is 0.125 e. The Balaban J connectivity index is 2.69. The summed E-state index contributed by atoms with van der Waals surface area (Å²) in [7, 11) is 1.69. The zero-order valence-electron chi connectivity index (χ0n) is 9.65. The molecule has 0 unspecified atom stereocenters. The van der Waals surface area contributed by atoms with Crippen molar-refractivity contribution in [3.05, 3.63) is 28.3 Å². The molecule has 0 aromatic heterocycles. The first kappa shape index (κ1) is 13.6. The summed E-state index contributed by atoms with van der Waals surface area (Å²) in [4.78, 5) is 0. The van der Waals surface area contributed by atoms with E-state index in [-0.39, 0.29) is 0 Å². The van der Waals surface area contributed by atoms with Crippen LogP contribution in [-0.2, 0) is 6.42 Å². The number of halogens is 2. The van der Waals surface area contributed by atoms with Crippen LogP contribution in [0.1, 0.15) is 11.1 Å². The molecular weight excluding hydrogens is 245 g/mol. The Bertz CT molecular complexity index is 342. The smallest absolute Gasteiger partial charge is 0.125 e. The average molecular weight is 262 g/mol. The molecule has 0 spiro atoms. The van der Waals surface area contributed by atoms with E-state index in [0.29, 0.717) is 5.88 Å². The quantitative estimate of drug-likeness (QED) is 0.628. The minimum atomic E-state index is 0.631. The van der Waals surface area contributed by atoms with Gasteiger partial charge in [0.05, 0.1) is 7.11 Å². The molecule has 0 aliphatic carbocycles. The largest absolute Gasteiger partial charge is 0.496 e. The summed E-state index contributed by atoms with van der Waals surface area (Å²) < 4.78 is 5.38. The fourth-order valence-electron chi connectivity index (χ4n) is 1.69. The molecule has 1 aromatic carbocycles. The first-order chi connectivity index (χ1) is 7.69. The van der Waals surface area contributed by atoms with Crippen molar-refractivity contribution in [2.24, 2.45) is 0 Å². The molecule has 0 aliphatic rings. The Labute approximate surface area is 107 Å². The molecule has 0 fully saturated rings. The number of rotatable bonds is 6. The van der Waals surface area contributed by atoms with Crippen molar-refractivity contribution in [3.63, 3.8) is 0 Å². The van der Waals surface area contributed by atoms with E-state index >= 15 is 0 Å². The van der Waals surface area contributed by atoms with Crippen LogP contribution in [0.15, 0.2) is 12.1 Å². The van der Waals surface area contributed by atoms with Crippen LogP contribution in [0.4, 0.5) is 0 Å². The van der Waals surface area contributed by atoms with E-state index in [4.69, 9.17) is 27.9 Å². The van der Waals surface area contributed by atoms with E-state index in [9.17, 15) is 0 Å². The standard InChI is InChI=1S/C12H17Cl2NO/c1-9-7-11(14)8-10(12(9)16-2)3-5-15-6-4-13/h7-8,15H,3-6H2,1-2H3. The molecule has 0 aliphatic heterocycles. The lowest BCUT2D eigenvalue weighted by atomic mass is 10.1. The summed E-state index contributed by atoms with van der Waals surface area (Å²) in [6.45, 7) is 3.70. The van der Waals surface area contributed by atoms with E-state index in [1.54, 1.807) is 7.11 Å². The van der Waals surface area contributed by atoms with Gasteiger partial charge in [-0.25, -0.2) is 0 Å². The fraction of sp³-hybridized carbons (Fsp3) is 0.500. The van der Waals surface area contributed by atoms with Crippen molar-refractivity contribution in [2.45, 2.75) is 13.3 Å². The van der Waals surface area contributed by atoms with Gasteiger partial charge in [0.15, 0.2) is 0 Å². The van der Waals surface area contributed by atoms with E-state index < -0.39 is 0 Å². The first-order valence-corrected chi connectivity index (χ1v) is 6.20. The Hall–Kier alpha value is -0.440. The lowest BCUT2D eigenvalue weighted by molar-refractivity contribution is 0.406. The average Bonchev–Trinajstić information content (AvgIpc) is 2.24. The molecule has 1 aromatic rings. The van der Waals surface area contributed by atoms with E-state index in [1.807, 2.05) is 19.1 Å². The highest BCUT2D eigenvalue weighted by molar-refractivity contribution is 6.30. The van der Waals surface area contributed by atoms with Crippen molar-refractivity contribution in [2.75, 3.05) is 26.1 Å². The number of alkyl halides is 1. The van der Waals surface area contributed by atoms with Crippen LogP contribution in [0.25, 0.3) is 0 Å². The lowest BCUT2D eigenvalue weighted by Crippen LogP contribution is -2.19. The highest BCUT2D eigenvalue weighted by Crippen LogP contribution is 2.27. The number of aryl methyl sites for hydroxylation is 1. The van der Waals surface area contributed by atoms with E-state index in [1.165, 1.54) is 0 Å². The van der Waals surface area contributed by atoms with Gasteiger partial charge >= 0.3 is 0 Å². The van der Waals surface area contributed by atoms with Gasteiger partial charge in [-0.15, -0.1) is 11.6 Å². The number of methoxy groups -OCH3 is 1. The zero-order valence-corrected chi connectivity index (χ0v) is 11.2. The molecule has 1 N–H and O–H groups in total. The summed E-state index contributed by atoms with van der Waals surface area (Å²) in [6.07, 6.45) is 0.890. The van der Waals surface area contributed by atoms with Gasteiger partial charge in [-0.1, -0.05) is 11.6 Å². The SMILES string of the molecule is COc1c(C)cc(Cl)cc1CCNCCCl. The molecule has 0 heterocycles. The third-order valence-electron chi connectivity index (χ3n) is 2.36. The van der Waals surface area contributed by atoms with Crippen LogP contribution in [-0.4, -0.2) is 26.1 Å². The van der Waals surface area contributed by atoms with Crippen molar-refractivity contribution in [1.82, 2.24) is 5.32 Å². The lowest BCUT2D eigenvalue weighted by Gasteiger charge is -2.12. The van der Waals surface area contributed by atoms with Gasteiger partial charge in [0.1, 0.15) is 5.75 Å². The predicted octanol–water partition coefficient (Wildman–Crippen LogP) is 3.03. The van der Waals surface area contributed by atoms with Gasteiger partial charge in [0.2, 0.25) is 0 Å². The number of ether oxygens (including phenoxy) is 1. The highest BCUT2D eigenvalue weighted by atomic mass is 35.5. The second kappa shape index (κ2) is 7.00. The van der Waals surface area contributed by atoms with Gasteiger partial charge in [-0.05, 0) is 43.1 Å². The molecule has 2 nitrogen and oxygen atoms in total. The van der Waals surface area contributed by atoms with Crippen LogP contribution in [0, 0.1) is 6.92 Å². The number of hydrogen-bond donors (Lipinski definition) is 1. The van der Waals surface area contributed by atoms with Crippen molar-refractivity contribution < 1.29 is 4.74 Å². The molecule has 90 valence electrons. The molecule has 0 bridgehead atoms. The Morgan fingerprint density at radius 3 is 2.69 bits per heavy atom. The van der Waals surface area contributed by atoms with Gasteiger partial charge < -0.3 is 10.1 Å². The summed E-state index contributed by atoms with van der Waals surface area (Å²) in [5, 5.41) is 4.00. The number of nitrogens with one attached hydrogen (secondary N) is 1. The summed E-state index contributed by atoms with van der Waals surface area (Å²) in [5.74, 6) is 1.56. The maximum atomic E-state index is 6.02. The second-order valence-electron chi connectivity index (χ2n) is 3.60. The van der Waals surface area contributed by atoms with Gasteiger partial charge in [-0.2, -0.15) is 0 Å². The molecule has 0 amide bonds. The summed E-state index contributed by atoms with van der Waals surface area (Å²) in [6, 6.07) is 3.87. The monoisotopic (exact) mass is 261 g/mol. The van der Waals surface area contributed by atoms with Gasteiger partial charge in [0.25, 0.3) is 0 Å². The molecule has 0 radical (unpaired) electrons. The van der Waals surface area contributed by atoms with Gasteiger partial charge in [-0.3, -0.25) is 0 Å². The van der Waals surface area contributed by atoms with E-state index in [2.05, 4.69) is 5.32 Å². The fourth-order valence-corrected chi connectivity index (χ4v) is 2.12. The Kier molecular flexibility index (Phi) is 5.96. The van der Waals surface area contributed by atoms with Crippen LogP contribution in [0.2, 0.25) is 5.02 Å². The van der Waals surface area contributed by atoms with Crippen molar-refractivity contribution in [1.29, 1.82) is 0 Å². The molecule has 0 atom stereocenters. The normalized spacial score (nSPS) is 10.5. The van der Waals surface area contributed by atoms with Crippen molar-refractivity contribution in [3.8, 4) is 5.75 Å². The minimum absolute atomic E-state index is 0.631. The molecular formula is C12H17Cl2NO. The Morgan fingerprint density at radius 2 is 2.06 bits per heavy atom. The second-order valence-corrected chi connectivity index (χ2v) is 4.42. The van der Waals surface area contributed by atoms with Crippen LogP contribution in [0.5, 0.6) is 5.75 Å². The number of hydrogen-bond acceptors (Lipinski definition) is 2. The molecule has 4 heteroatoms. The third kappa shape index (κ3) is 3.85. The van der Waals surface area contributed by atoms with Crippen LogP contribution < -0.4 is 10.1 Å². The molecule has 0 saturated heterocycles. The molecule has 1 rings (SSSR count). The molecule has 0 saturated carbocycles. The zero-order chi connectivity index (χ0) is 12.0. The van der Waals surface area contributed by atoms with E-state index in [0.717, 1.165) is 41.4 Å². The minimum Gasteiger partial charge on any atom is -0.496 e. The Morgan fingerprint density at radius 1 is 1.31 bits per heavy atom. The first-order valence-electron chi connectivity index (χ1n) is 5.28. The van der Waals surface area contributed by atoms with Crippen LogP contribution in [0.3, 0.4) is 0 Å². The predicted molar refractivity (Wildman–Crippen MR) is 70.0 cm³/mol. The summed E-state index contributed by atoms with van der Waals surface area (Å²) in [5.41, 5.74) is 2.21.